The summed E-state index contributed by atoms with van der Waals surface area (Å²) < 4.78 is 4.94. The van der Waals surface area contributed by atoms with Gasteiger partial charge in [-0.15, -0.1) is 0 Å². The number of amides is 1. The minimum Gasteiger partial charge on any atom is -0.452 e. The van der Waals surface area contributed by atoms with Gasteiger partial charge in [-0.25, -0.2) is 4.79 Å². The molecule has 0 aromatic heterocycles. The van der Waals surface area contributed by atoms with Crippen LogP contribution in [0.4, 0.5) is 0 Å². The van der Waals surface area contributed by atoms with Gasteiger partial charge >= 0.3 is 5.97 Å². The maximum Gasteiger partial charge on any atom is 0.331 e. The van der Waals surface area contributed by atoms with Gasteiger partial charge in [-0.2, -0.15) is 5.26 Å². The summed E-state index contributed by atoms with van der Waals surface area (Å²) in [6.45, 7) is 1.59. The molecule has 1 aromatic rings. The van der Waals surface area contributed by atoms with Gasteiger partial charge < -0.3 is 10.1 Å². The molecule has 5 heteroatoms. The predicted octanol–water partition coefficient (Wildman–Crippen LogP) is 2.89. The molecule has 126 valence electrons. The highest BCUT2D eigenvalue weighted by Gasteiger charge is 2.33. The molecule has 0 spiro atoms. The van der Waals surface area contributed by atoms with E-state index in [0.717, 1.165) is 30.4 Å². The molecule has 0 saturated heterocycles. The van der Waals surface area contributed by atoms with E-state index in [1.807, 2.05) is 31.2 Å². The molecule has 0 heterocycles. The van der Waals surface area contributed by atoms with Gasteiger partial charge in [0.05, 0.1) is 6.07 Å². The largest absolute Gasteiger partial charge is 0.452 e. The summed E-state index contributed by atoms with van der Waals surface area (Å²) in [6.07, 6.45) is 7.17. The van der Waals surface area contributed by atoms with Gasteiger partial charge in [0.1, 0.15) is 5.54 Å². The van der Waals surface area contributed by atoms with Crippen LogP contribution in [0, 0.1) is 18.3 Å². The van der Waals surface area contributed by atoms with Crippen LogP contribution in [0.5, 0.6) is 0 Å². The molecular formula is C19H22N2O3. The van der Waals surface area contributed by atoms with E-state index in [1.165, 1.54) is 6.08 Å². The summed E-state index contributed by atoms with van der Waals surface area (Å²) >= 11 is 0. The van der Waals surface area contributed by atoms with Crippen molar-refractivity contribution in [1.29, 1.82) is 5.26 Å². The molecule has 0 bridgehead atoms. The predicted molar refractivity (Wildman–Crippen MR) is 90.7 cm³/mol. The average molecular weight is 326 g/mol. The quantitative estimate of drug-likeness (QED) is 0.666. The van der Waals surface area contributed by atoms with Crippen molar-refractivity contribution < 1.29 is 14.3 Å². The molecular weight excluding hydrogens is 304 g/mol. The molecule has 1 amide bonds. The van der Waals surface area contributed by atoms with Crippen LogP contribution in [0.25, 0.3) is 6.08 Å². The van der Waals surface area contributed by atoms with Crippen molar-refractivity contribution in [2.75, 3.05) is 6.61 Å². The number of nitriles is 1. The maximum absolute atomic E-state index is 11.9. The number of benzene rings is 1. The van der Waals surface area contributed by atoms with Crippen LogP contribution in [-0.2, 0) is 14.3 Å². The van der Waals surface area contributed by atoms with Gasteiger partial charge in [0.2, 0.25) is 0 Å². The van der Waals surface area contributed by atoms with Crippen molar-refractivity contribution in [2.45, 2.75) is 44.6 Å². The van der Waals surface area contributed by atoms with Crippen molar-refractivity contribution in [3.05, 3.63) is 41.5 Å². The van der Waals surface area contributed by atoms with E-state index in [4.69, 9.17) is 4.74 Å². The summed E-state index contributed by atoms with van der Waals surface area (Å²) in [4.78, 5) is 23.6. The van der Waals surface area contributed by atoms with E-state index in [9.17, 15) is 14.9 Å². The molecule has 5 nitrogen and oxygen atoms in total. The van der Waals surface area contributed by atoms with Crippen LogP contribution in [0.1, 0.15) is 43.2 Å². The highest BCUT2D eigenvalue weighted by atomic mass is 16.5. The third kappa shape index (κ3) is 5.24. The molecule has 1 aromatic carbocycles. The highest BCUT2D eigenvalue weighted by Crippen LogP contribution is 2.27. The summed E-state index contributed by atoms with van der Waals surface area (Å²) in [6, 6.07) is 9.89. The maximum atomic E-state index is 11.9. The van der Waals surface area contributed by atoms with Gasteiger partial charge in [-0.3, -0.25) is 4.79 Å². The normalized spacial score (nSPS) is 16.3. The Kier molecular flexibility index (Phi) is 6.14. The number of rotatable bonds is 5. The number of carbonyl (C=O) groups excluding carboxylic acids is 2. The van der Waals surface area contributed by atoms with Crippen molar-refractivity contribution >= 4 is 18.0 Å². The molecule has 1 saturated carbocycles. The Morgan fingerprint density at radius 1 is 1.33 bits per heavy atom. The van der Waals surface area contributed by atoms with Crippen molar-refractivity contribution in [3.8, 4) is 6.07 Å². The van der Waals surface area contributed by atoms with Crippen LogP contribution in [0.3, 0.4) is 0 Å². The zero-order chi connectivity index (χ0) is 17.4. The fraction of sp³-hybridized carbons (Fsp3) is 0.421. The monoisotopic (exact) mass is 326 g/mol. The minimum absolute atomic E-state index is 0.375. The molecule has 1 N–H and O–H groups in total. The van der Waals surface area contributed by atoms with Gasteiger partial charge in [0.25, 0.3) is 5.91 Å². The number of hydrogen-bond acceptors (Lipinski definition) is 4. The Labute approximate surface area is 142 Å². The van der Waals surface area contributed by atoms with Gasteiger partial charge in [-0.1, -0.05) is 49.1 Å². The zero-order valence-electron chi connectivity index (χ0n) is 13.9. The number of nitrogens with zero attached hydrogens (tertiary/aromatic N) is 1. The van der Waals surface area contributed by atoms with Crippen LogP contribution in [0.15, 0.2) is 30.3 Å². The molecule has 0 aliphatic heterocycles. The zero-order valence-corrected chi connectivity index (χ0v) is 13.9. The number of ether oxygens (including phenoxy) is 1. The first-order valence-electron chi connectivity index (χ1n) is 8.17. The standard InChI is InChI=1S/C19H22N2O3/c1-15-6-5-7-16(12-15)8-9-18(23)24-13-17(22)21-19(14-20)10-3-2-4-11-19/h5-9,12H,2-4,10-11,13H2,1H3,(H,21,22)/b9-8+. The number of aryl methyl sites for hydroxylation is 1. The lowest BCUT2D eigenvalue weighted by Gasteiger charge is -2.31. The molecule has 1 fully saturated rings. The fourth-order valence-corrected chi connectivity index (χ4v) is 2.85. The average Bonchev–Trinajstić information content (AvgIpc) is 2.59. The summed E-state index contributed by atoms with van der Waals surface area (Å²) in [5.41, 5.74) is 1.18. The molecule has 1 aliphatic rings. The van der Waals surface area contributed by atoms with Crippen LogP contribution in [0.2, 0.25) is 0 Å². The second-order valence-electron chi connectivity index (χ2n) is 6.16. The Balaban J connectivity index is 1.81. The van der Waals surface area contributed by atoms with Gasteiger partial charge in [-0.05, 0) is 31.4 Å². The fourth-order valence-electron chi connectivity index (χ4n) is 2.85. The molecule has 2 rings (SSSR count). The SMILES string of the molecule is Cc1cccc(/C=C/C(=O)OCC(=O)NC2(C#N)CCCCC2)c1. The highest BCUT2D eigenvalue weighted by molar-refractivity contribution is 5.89. The number of carbonyl (C=O) groups is 2. The van der Waals surface area contributed by atoms with E-state index in [0.29, 0.717) is 12.8 Å². The molecule has 24 heavy (non-hydrogen) atoms. The van der Waals surface area contributed by atoms with Gasteiger partial charge in [0.15, 0.2) is 6.61 Å². The van der Waals surface area contributed by atoms with Crippen LogP contribution >= 0.6 is 0 Å². The first kappa shape index (κ1) is 17.7. The number of esters is 1. The lowest BCUT2D eigenvalue weighted by molar-refractivity contribution is -0.144. The van der Waals surface area contributed by atoms with Crippen molar-refractivity contribution in [1.82, 2.24) is 5.32 Å². The smallest absolute Gasteiger partial charge is 0.331 e. The molecule has 0 atom stereocenters. The third-order valence-electron chi connectivity index (χ3n) is 4.10. The van der Waals surface area contributed by atoms with Crippen molar-refractivity contribution in [3.63, 3.8) is 0 Å². The first-order valence-corrected chi connectivity index (χ1v) is 8.17. The topological polar surface area (TPSA) is 79.2 Å². The third-order valence-corrected chi connectivity index (χ3v) is 4.10. The minimum atomic E-state index is -0.806. The summed E-state index contributed by atoms with van der Waals surface area (Å²) in [5.74, 6) is -1.02. The van der Waals surface area contributed by atoms with E-state index in [-0.39, 0.29) is 6.61 Å². The Morgan fingerprint density at radius 2 is 2.08 bits per heavy atom. The lowest BCUT2D eigenvalue weighted by atomic mass is 9.83. The van der Waals surface area contributed by atoms with Gasteiger partial charge in [0, 0.05) is 6.08 Å². The van der Waals surface area contributed by atoms with E-state index in [1.54, 1.807) is 6.08 Å². The Hall–Kier alpha value is -2.61. The van der Waals surface area contributed by atoms with E-state index < -0.39 is 17.4 Å². The molecule has 0 radical (unpaired) electrons. The number of nitrogens with one attached hydrogen (secondary N) is 1. The van der Waals surface area contributed by atoms with Crippen molar-refractivity contribution in [2.24, 2.45) is 0 Å². The second kappa shape index (κ2) is 8.30. The van der Waals surface area contributed by atoms with Crippen LogP contribution < -0.4 is 5.32 Å². The molecule has 0 unspecified atom stereocenters. The molecule has 1 aliphatic carbocycles. The summed E-state index contributed by atoms with van der Waals surface area (Å²) in [5, 5.41) is 12.0. The first-order chi connectivity index (χ1) is 11.5. The Bertz CT molecular complexity index is 667. The second-order valence-corrected chi connectivity index (χ2v) is 6.16. The number of hydrogen-bond donors (Lipinski definition) is 1. The summed E-state index contributed by atoms with van der Waals surface area (Å²) in [7, 11) is 0. The Morgan fingerprint density at radius 3 is 2.75 bits per heavy atom. The van der Waals surface area contributed by atoms with Crippen LogP contribution in [-0.4, -0.2) is 24.0 Å². The van der Waals surface area contributed by atoms with E-state index >= 15 is 0 Å². The lowest BCUT2D eigenvalue weighted by Crippen LogP contribution is -2.49. The van der Waals surface area contributed by atoms with E-state index in [2.05, 4.69) is 11.4 Å².